The number of carbonyl (C=O) groups excluding carboxylic acids is 1. The fraction of sp³-hybridized carbons (Fsp3) is 0.500. The lowest BCUT2D eigenvalue weighted by Crippen LogP contribution is -2.39. The Labute approximate surface area is 144 Å². The van der Waals surface area contributed by atoms with E-state index in [4.69, 9.17) is 0 Å². The molecule has 0 spiro atoms. The van der Waals surface area contributed by atoms with Crippen LogP contribution < -0.4 is 0 Å². The first-order valence-electron chi connectivity index (χ1n) is 8.85. The highest BCUT2D eigenvalue weighted by molar-refractivity contribution is 5.84. The van der Waals surface area contributed by atoms with Gasteiger partial charge in [-0.25, -0.2) is 0 Å². The summed E-state index contributed by atoms with van der Waals surface area (Å²) in [4.78, 5) is 15.1. The Balaban J connectivity index is 1.70. The van der Waals surface area contributed by atoms with Gasteiger partial charge < -0.3 is 4.90 Å². The van der Waals surface area contributed by atoms with E-state index in [-0.39, 0.29) is 17.9 Å². The molecule has 4 heteroatoms. The molecule has 24 heavy (non-hydrogen) atoms. The summed E-state index contributed by atoms with van der Waals surface area (Å²) in [5.74, 6) is 0.627. The molecule has 0 saturated carbocycles. The summed E-state index contributed by atoms with van der Waals surface area (Å²) in [6, 6.07) is 10.9. The highest BCUT2D eigenvalue weighted by atomic mass is 16.2. The van der Waals surface area contributed by atoms with E-state index in [1.807, 2.05) is 20.8 Å². The Hall–Kier alpha value is -2.10. The van der Waals surface area contributed by atoms with Gasteiger partial charge in [0.05, 0.1) is 11.6 Å². The van der Waals surface area contributed by atoms with Crippen LogP contribution in [0.2, 0.25) is 0 Å². The molecule has 2 aromatic rings. The van der Waals surface area contributed by atoms with Crippen molar-refractivity contribution in [3.8, 4) is 0 Å². The zero-order chi connectivity index (χ0) is 17.3. The molecule has 1 aromatic carbocycles. The number of nitrogens with one attached hydrogen (secondary N) is 1. The highest BCUT2D eigenvalue weighted by Crippen LogP contribution is 2.31. The van der Waals surface area contributed by atoms with E-state index in [1.165, 1.54) is 5.56 Å². The molecule has 4 nitrogen and oxygen atoms in total. The van der Waals surface area contributed by atoms with Crippen molar-refractivity contribution < 1.29 is 4.79 Å². The van der Waals surface area contributed by atoms with E-state index in [0.29, 0.717) is 5.92 Å². The van der Waals surface area contributed by atoms with Crippen molar-refractivity contribution in [1.29, 1.82) is 0 Å². The standard InChI is InChI=1S/C20H27N3O/c1-13(19-14(2)21-22-15(19)3)20(24)23-11-10-18(16(23)4)12-17-8-6-5-7-9-17/h5-9,13,16,18H,10-12H2,1-4H3,(H,21,22). The van der Waals surface area contributed by atoms with Crippen molar-refractivity contribution in [2.75, 3.05) is 6.54 Å². The molecule has 3 unspecified atom stereocenters. The van der Waals surface area contributed by atoms with Gasteiger partial charge in [-0.1, -0.05) is 30.3 Å². The zero-order valence-electron chi connectivity index (χ0n) is 15.0. The van der Waals surface area contributed by atoms with Crippen LogP contribution in [0.15, 0.2) is 30.3 Å². The monoisotopic (exact) mass is 325 g/mol. The van der Waals surface area contributed by atoms with Crippen molar-refractivity contribution in [1.82, 2.24) is 15.1 Å². The third kappa shape index (κ3) is 3.10. The molecule has 1 aliphatic rings. The van der Waals surface area contributed by atoms with Crippen LogP contribution in [-0.2, 0) is 11.2 Å². The summed E-state index contributed by atoms with van der Waals surface area (Å²) >= 11 is 0. The third-order valence-corrected chi connectivity index (χ3v) is 5.53. The number of aromatic nitrogens is 2. The highest BCUT2D eigenvalue weighted by Gasteiger charge is 2.36. The smallest absolute Gasteiger partial charge is 0.230 e. The number of rotatable bonds is 4. The second-order valence-electron chi connectivity index (χ2n) is 7.08. The predicted octanol–water partition coefficient (Wildman–Crippen LogP) is 3.61. The largest absolute Gasteiger partial charge is 0.339 e. The molecule has 1 fully saturated rings. The second kappa shape index (κ2) is 6.80. The van der Waals surface area contributed by atoms with Gasteiger partial charge in [0, 0.05) is 23.8 Å². The van der Waals surface area contributed by atoms with Gasteiger partial charge in [-0.15, -0.1) is 0 Å². The summed E-state index contributed by atoms with van der Waals surface area (Å²) in [6.45, 7) is 9.02. The van der Waals surface area contributed by atoms with Gasteiger partial charge >= 0.3 is 0 Å². The number of hydrogen-bond acceptors (Lipinski definition) is 2. The number of carbonyl (C=O) groups is 1. The summed E-state index contributed by atoms with van der Waals surface area (Å²) in [7, 11) is 0. The Morgan fingerprint density at radius 2 is 2.04 bits per heavy atom. The first-order valence-corrected chi connectivity index (χ1v) is 8.85. The van der Waals surface area contributed by atoms with Crippen molar-refractivity contribution >= 4 is 5.91 Å². The first kappa shape index (κ1) is 16.7. The molecular formula is C20H27N3O. The number of benzene rings is 1. The maximum Gasteiger partial charge on any atom is 0.230 e. The molecule has 3 atom stereocenters. The Kier molecular flexibility index (Phi) is 4.74. The lowest BCUT2D eigenvalue weighted by molar-refractivity contribution is -0.133. The maximum atomic E-state index is 13.0. The first-order chi connectivity index (χ1) is 11.5. The van der Waals surface area contributed by atoms with Gasteiger partial charge in [0.25, 0.3) is 0 Å². The van der Waals surface area contributed by atoms with Crippen molar-refractivity contribution in [3.05, 3.63) is 52.8 Å². The minimum atomic E-state index is -0.137. The topological polar surface area (TPSA) is 49.0 Å². The average molecular weight is 325 g/mol. The number of amides is 1. The van der Waals surface area contributed by atoms with Gasteiger partial charge in [-0.3, -0.25) is 9.89 Å². The summed E-state index contributed by atoms with van der Waals surface area (Å²) in [5.41, 5.74) is 4.35. The van der Waals surface area contributed by atoms with Crippen molar-refractivity contribution in [3.63, 3.8) is 0 Å². The van der Waals surface area contributed by atoms with E-state index in [2.05, 4.69) is 52.4 Å². The van der Waals surface area contributed by atoms with Crippen molar-refractivity contribution in [2.45, 2.75) is 52.5 Å². The molecular weight excluding hydrogens is 298 g/mol. The molecule has 2 heterocycles. The second-order valence-corrected chi connectivity index (χ2v) is 7.08. The molecule has 0 radical (unpaired) electrons. The van der Waals surface area contributed by atoms with E-state index in [9.17, 15) is 4.79 Å². The number of nitrogens with zero attached hydrogens (tertiary/aromatic N) is 2. The molecule has 1 saturated heterocycles. The lowest BCUT2D eigenvalue weighted by atomic mass is 9.92. The number of aryl methyl sites for hydroxylation is 2. The number of aromatic amines is 1. The summed E-state index contributed by atoms with van der Waals surface area (Å²) in [5, 5.41) is 7.24. The molecule has 0 bridgehead atoms. The Bertz CT molecular complexity index is 687. The van der Waals surface area contributed by atoms with E-state index < -0.39 is 0 Å². The van der Waals surface area contributed by atoms with Crippen LogP contribution in [0.25, 0.3) is 0 Å². The fourth-order valence-corrected chi connectivity index (χ4v) is 4.07. The summed E-state index contributed by atoms with van der Waals surface area (Å²) < 4.78 is 0. The Morgan fingerprint density at radius 3 is 2.67 bits per heavy atom. The van der Waals surface area contributed by atoms with Crippen LogP contribution in [0.4, 0.5) is 0 Å². The van der Waals surface area contributed by atoms with E-state index in [0.717, 1.165) is 36.3 Å². The fourth-order valence-electron chi connectivity index (χ4n) is 4.07. The molecule has 1 N–H and O–H groups in total. The van der Waals surface area contributed by atoms with Crippen LogP contribution in [0.3, 0.4) is 0 Å². The SMILES string of the molecule is Cc1n[nH]c(C)c1C(C)C(=O)N1CCC(Cc2ccccc2)C1C. The minimum absolute atomic E-state index is 0.137. The quantitative estimate of drug-likeness (QED) is 0.933. The minimum Gasteiger partial charge on any atom is -0.339 e. The number of likely N-dealkylation sites (tertiary alicyclic amines) is 1. The molecule has 1 amide bonds. The molecule has 3 rings (SSSR count). The van der Waals surface area contributed by atoms with Crippen LogP contribution in [0, 0.1) is 19.8 Å². The molecule has 1 aliphatic heterocycles. The maximum absolute atomic E-state index is 13.0. The van der Waals surface area contributed by atoms with Gasteiger partial charge in [0.15, 0.2) is 0 Å². The van der Waals surface area contributed by atoms with Crippen LogP contribution in [0.5, 0.6) is 0 Å². The lowest BCUT2D eigenvalue weighted by Gasteiger charge is -2.28. The number of H-pyrrole nitrogens is 1. The van der Waals surface area contributed by atoms with E-state index in [1.54, 1.807) is 0 Å². The summed E-state index contributed by atoms with van der Waals surface area (Å²) in [6.07, 6.45) is 2.13. The average Bonchev–Trinajstić information content (AvgIpc) is 3.10. The van der Waals surface area contributed by atoms with Gasteiger partial charge in [-0.2, -0.15) is 5.10 Å². The normalized spacial score (nSPS) is 21.9. The van der Waals surface area contributed by atoms with E-state index >= 15 is 0 Å². The molecule has 0 aliphatic carbocycles. The van der Waals surface area contributed by atoms with Gasteiger partial charge in [-0.05, 0) is 52.0 Å². The van der Waals surface area contributed by atoms with Crippen LogP contribution >= 0.6 is 0 Å². The van der Waals surface area contributed by atoms with Crippen LogP contribution in [-0.4, -0.2) is 33.6 Å². The molecule has 128 valence electrons. The van der Waals surface area contributed by atoms with Crippen LogP contribution in [0.1, 0.15) is 48.7 Å². The number of hydrogen-bond donors (Lipinski definition) is 1. The predicted molar refractivity (Wildman–Crippen MR) is 95.9 cm³/mol. The Morgan fingerprint density at radius 1 is 1.33 bits per heavy atom. The molecule has 1 aromatic heterocycles. The third-order valence-electron chi connectivity index (χ3n) is 5.53. The van der Waals surface area contributed by atoms with Gasteiger partial charge in [0.2, 0.25) is 5.91 Å². The zero-order valence-corrected chi connectivity index (χ0v) is 15.0. The van der Waals surface area contributed by atoms with Gasteiger partial charge in [0.1, 0.15) is 0 Å². The van der Waals surface area contributed by atoms with Crippen molar-refractivity contribution in [2.24, 2.45) is 5.92 Å².